The predicted octanol–water partition coefficient (Wildman–Crippen LogP) is 8.77. The Kier molecular flexibility index (Phi) is 17.0. The van der Waals surface area contributed by atoms with Crippen LogP contribution in [0.15, 0.2) is 36.9 Å². The number of carbonyl (C=O) groups excluding carboxylic acids is 2. The van der Waals surface area contributed by atoms with Gasteiger partial charge in [0.05, 0.1) is 45.7 Å². The molecule has 4 fully saturated rings. The fourth-order valence-electron chi connectivity index (χ4n) is 10.1. The van der Waals surface area contributed by atoms with Crippen molar-refractivity contribution in [1.82, 2.24) is 58.6 Å². The smallest absolute Gasteiger partial charge is 0.384 e. The third-order valence-electron chi connectivity index (χ3n) is 14.3. The normalized spacial score (nSPS) is 17.1. The zero-order valence-electron chi connectivity index (χ0n) is 43.5. The molecule has 2 amide bonds. The highest BCUT2D eigenvalue weighted by atomic mass is 35.5. The average Bonchev–Trinajstić information content (AvgIpc) is 4.28. The molecule has 18 nitrogen and oxygen atoms in total. The number of likely N-dealkylation sites (N-methyl/N-ethyl adjacent to an activating group) is 2. The number of halogens is 9. The molecule has 3 N–H and O–H groups in total. The van der Waals surface area contributed by atoms with Gasteiger partial charge in [-0.1, -0.05) is 25.7 Å². The standard InChI is InChI=1S/C25H30F4N8O.C14H16ClFN4O.C11H15F3N4/c1-34(2)23(38)21-20(26)16-13-31-24(33-22(16)37(21)15-6-4-5-7-15)32-19-12-17(25(27,28)29)18(14-30-19)36-10-8-35(3)9-11-36;1-19(2)13(21)11-10(16)9-7-17-14(15)18-12(9)20(11)8-5-3-4-6-8;1-17-2-4-18(5-3-17)9-7-16-10(15)6-8(9)11(12,13)14/h12-15H,4-11H2,1-3H3,(H,30,31,32,33);7-8H,3-6H2,1-2H3;6-7H,2-5H2,1H3,(H2,15,16). The van der Waals surface area contributed by atoms with Crippen molar-refractivity contribution in [3.63, 3.8) is 0 Å². The number of hydrogen-bond acceptors (Lipinski definition) is 14. The van der Waals surface area contributed by atoms with E-state index in [4.69, 9.17) is 17.3 Å². The number of amides is 2. The van der Waals surface area contributed by atoms with Crippen molar-refractivity contribution in [2.75, 3.05) is 115 Å². The highest BCUT2D eigenvalue weighted by molar-refractivity contribution is 6.28. The zero-order chi connectivity index (χ0) is 55.7. The molecule has 6 aromatic rings. The number of fused-ring (bicyclic) bond motifs is 2. The lowest BCUT2D eigenvalue weighted by Gasteiger charge is -2.35. The molecule has 77 heavy (non-hydrogen) atoms. The number of nitrogens with two attached hydrogens (primary N) is 1. The first-order valence-corrected chi connectivity index (χ1v) is 25.6. The van der Waals surface area contributed by atoms with Gasteiger partial charge in [0.2, 0.25) is 11.2 Å². The van der Waals surface area contributed by atoms with Crippen LogP contribution in [-0.2, 0) is 12.4 Å². The second-order valence-corrected chi connectivity index (χ2v) is 20.4. The molecule has 2 aliphatic heterocycles. The second-order valence-electron chi connectivity index (χ2n) is 20.1. The molecule has 0 bridgehead atoms. The summed E-state index contributed by atoms with van der Waals surface area (Å²) in [4.78, 5) is 60.0. The molecule has 4 aliphatic rings. The lowest BCUT2D eigenvalue weighted by molar-refractivity contribution is -0.138. The van der Waals surface area contributed by atoms with Crippen molar-refractivity contribution in [1.29, 1.82) is 0 Å². The maximum atomic E-state index is 15.4. The van der Waals surface area contributed by atoms with Gasteiger partial charge in [0.25, 0.3) is 11.8 Å². The van der Waals surface area contributed by atoms with Crippen molar-refractivity contribution >= 4 is 74.4 Å². The Morgan fingerprint density at radius 3 is 1.47 bits per heavy atom. The Hall–Kier alpha value is -6.67. The van der Waals surface area contributed by atoms with E-state index in [1.54, 1.807) is 47.1 Å². The molecule has 2 aliphatic carbocycles. The van der Waals surface area contributed by atoms with E-state index in [1.807, 2.05) is 14.1 Å². The van der Waals surface area contributed by atoms with E-state index in [0.29, 0.717) is 44.9 Å². The topological polar surface area (TPSA) is 179 Å². The molecule has 416 valence electrons. The highest BCUT2D eigenvalue weighted by Crippen LogP contribution is 2.41. The first-order chi connectivity index (χ1) is 36.4. The minimum Gasteiger partial charge on any atom is -0.384 e. The summed E-state index contributed by atoms with van der Waals surface area (Å²) in [5, 5.41) is 3.14. The van der Waals surface area contributed by atoms with Crippen LogP contribution >= 0.6 is 11.6 Å². The van der Waals surface area contributed by atoms with E-state index in [2.05, 4.69) is 45.0 Å². The van der Waals surface area contributed by atoms with Gasteiger partial charge in [0, 0.05) is 105 Å². The molecule has 6 aromatic heterocycles. The van der Waals surface area contributed by atoms with Gasteiger partial charge in [-0.2, -0.15) is 36.3 Å². The molecule has 0 radical (unpaired) electrons. The fourth-order valence-corrected chi connectivity index (χ4v) is 10.3. The van der Waals surface area contributed by atoms with E-state index in [1.165, 1.54) is 34.6 Å². The Morgan fingerprint density at radius 1 is 0.610 bits per heavy atom. The number of carbonyl (C=O) groups is 2. The van der Waals surface area contributed by atoms with E-state index >= 15 is 4.39 Å². The monoisotopic (exact) mass is 1100 g/mol. The summed E-state index contributed by atoms with van der Waals surface area (Å²) in [7, 11) is 10.2. The number of alkyl halides is 6. The molecule has 8 heterocycles. The van der Waals surface area contributed by atoms with Crippen LogP contribution in [0.1, 0.15) is 95.6 Å². The van der Waals surface area contributed by atoms with Crippen LogP contribution in [0.3, 0.4) is 0 Å². The van der Waals surface area contributed by atoms with Crippen molar-refractivity contribution in [2.45, 2.75) is 75.8 Å². The van der Waals surface area contributed by atoms with E-state index in [-0.39, 0.29) is 80.0 Å². The maximum absolute atomic E-state index is 15.4. The number of hydrogen-bond donors (Lipinski definition) is 2. The van der Waals surface area contributed by atoms with Gasteiger partial charge in [0.1, 0.15) is 34.3 Å². The van der Waals surface area contributed by atoms with Crippen LogP contribution in [-0.4, -0.2) is 165 Å². The largest absolute Gasteiger partial charge is 0.418 e. The third-order valence-corrected chi connectivity index (χ3v) is 14.4. The molecule has 2 saturated heterocycles. The summed E-state index contributed by atoms with van der Waals surface area (Å²) in [6.45, 7) is 4.83. The van der Waals surface area contributed by atoms with Crippen LogP contribution in [0, 0.1) is 11.6 Å². The fraction of sp³-hybridized carbons (Fsp3) is 0.520. The zero-order valence-corrected chi connectivity index (χ0v) is 44.2. The quantitative estimate of drug-likeness (QED) is 0.109. The van der Waals surface area contributed by atoms with Gasteiger partial charge in [-0.15, -0.1) is 0 Å². The van der Waals surface area contributed by atoms with Gasteiger partial charge in [-0.25, -0.2) is 28.7 Å². The lowest BCUT2D eigenvalue weighted by atomic mass is 10.1. The summed E-state index contributed by atoms with van der Waals surface area (Å²) in [5.74, 6) is -2.35. The summed E-state index contributed by atoms with van der Waals surface area (Å²) in [5.41, 5.74) is 4.56. The number of anilines is 5. The van der Waals surface area contributed by atoms with E-state index < -0.39 is 41.0 Å². The molecular formula is C50H61ClF8N16O2. The summed E-state index contributed by atoms with van der Waals surface area (Å²) < 4.78 is 114. The number of pyridine rings is 2. The number of nitrogens with zero attached hydrogens (tertiary/aromatic N) is 14. The molecule has 2 saturated carbocycles. The van der Waals surface area contributed by atoms with E-state index in [9.17, 15) is 40.3 Å². The van der Waals surface area contributed by atoms with Crippen LogP contribution < -0.4 is 20.9 Å². The van der Waals surface area contributed by atoms with E-state index in [0.717, 1.165) is 76.6 Å². The van der Waals surface area contributed by atoms with Crippen LogP contribution in [0.25, 0.3) is 22.1 Å². The van der Waals surface area contributed by atoms with Gasteiger partial charge >= 0.3 is 12.4 Å². The number of nitrogens with one attached hydrogen (secondary N) is 1. The summed E-state index contributed by atoms with van der Waals surface area (Å²) in [6, 6.07) is 1.82. The van der Waals surface area contributed by atoms with Crippen molar-refractivity contribution in [3.05, 3.63) is 76.4 Å². The third kappa shape index (κ3) is 12.4. The first kappa shape index (κ1) is 56.5. The number of rotatable bonds is 8. The summed E-state index contributed by atoms with van der Waals surface area (Å²) in [6.07, 6.45) is 3.43. The molecule has 0 spiro atoms. The second kappa shape index (κ2) is 23.1. The minimum atomic E-state index is -4.59. The SMILES string of the molecule is CN(C)C(=O)c1c(F)c2cnc(Cl)nc2n1C1CCCC1.CN1CCN(c2cnc(N)cc2C(F)(F)F)CC1.CN1CCN(c2cnc(Nc3ncc4c(F)c(C(=O)N(C)C)n(C5CCCC5)c4n3)cc2C(F)(F)F)CC1. The Balaban J connectivity index is 0.000000169. The maximum Gasteiger partial charge on any atom is 0.418 e. The molecule has 0 aromatic carbocycles. The Labute approximate surface area is 444 Å². The van der Waals surface area contributed by atoms with Gasteiger partial charge in [0.15, 0.2) is 11.6 Å². The molecule has 0 atom stereocenters. The van der Waals surface area contributed by atoms with Crippen LogP contribution in [0.4, 0.5) is 64.1 Å². The van der Waals surface area contributed by atoms with Crippen molar-refractivity contribution < 1.29 is 44.7 Å². The van der Waals surface area contributed by atoms with Gasteiger partial charge in [-0.3, -0.25) is 9.59 Å². The molecule has 0 unspecified atom stereocenters. The molecule has 27 heteroatoms. The van der Waals surface area contributed by atoms with Crippen LogP contribution in [0.2, 0.25) is 5.28 Å². The number of piperazine rings is 2. The van der Waals surface area contributed by atoms with Gasteiger partial charge in [-0.05, 0) is 63.5 Å². The molecule has 10 rings (SSSR count). The van der Waals surface area contributed by atoms with Crippen molar-refractivity contribution in [3.8, 4) is 0 Å². The Morgan fingerprint density at radius 2 is 1.03 bits per heavy atom. The minimum absolute atomic E-state index is 0.0246. The Bertz CT molecular complexity index is 3080. The average molecular weight is 1110 g/mol. The highest BCUT2D eigenvalue weighted by Gasteiger charge is 2.38. The number of nitrogen functional groups attached to an aromatic ring is 1. The van der Waals surface area contributed by atoms with Crippen LogP contribution in [0.5, 0.6) is 0 Å². The lowest BCUT2D eigenvalue weighted by Crippen LogP contribution is -2.45. The van der Waals surface area contributed by atoms with Gasteiger partial charge < -0.3 is 49.6 Å². The number of aromatic nitrogens is 8. The first-order valence-electron chi connectivity index (χ1n) is 25.2. The molecular weight excluding hydrogens is 1040 g/mol. The predicted molar refractivity (Wildman–Crippen MR) is 277 cm³/mol. The summed E-state index contributed by atoms with van der Waals surface area (Å²) >= 11 is 5.85. The van der Waals surface area contributed by atoms with Crippen molar-refractivity contribution in [2.24, 2.45) is 0 Å².